The third-order valence-corrected chi connectivity index (χ3v) is 11.3. The van der Waals surface area contributed by atoms with Gasteiger partial charge in [0.1, 0.15) is 22.5 Å². The van der Waals surface area contributed by atoms with Gasteiger partial charge in [-0.3, -0.25) is 9.59 Å². The standard InChI is InChI=1S/C39H36N6O4S2/c1-22(2)35(39(48)45-17-7-9-31(45)37(47)40-20-25-11-13-26(14-12-25)36-24(4)41-21-50-36)33-18-27(44-49-33)15-16-34-23(3)29-19-30(42-43-38(29)51-34)28-8-5-6-10-32(28)46/h5-6,8,10-14,18-19,21-22,31,35,46H,7,9,17,20H2,1-4H3,(H,40,47). The number of carbonyl (C=O) groups excluding carboxylic acids is 2. The molecular weight excluding hydrogens is 681 g/mol. The summed E-state index contributed by atoms with van der Waals surface area (Å²) in [5.74, 6) is 5.83. The first-order chi connectivity index (χ1) is 24.7. The first-order valence-corrected chi connectivity index (χ1v) is 18.5. The SMILES string of the molecule is Cc1ncsc1-c1ccc(CNC(=O)C2CCCN2C(=O)C(c2cc(C#Cc3sc4nnc(-c5ccccc5O)cc4c3C)no2)C(C)C)cc1. The maximum absolute atomic E-state index is 14.0. The molecule has 258 valence electrons. The van der Waals surface area contributed by atoms with Crippen molar-refractivity contribution in [3.8, 4) is 39.3 Å². The number of phenolic OH excluding ortho intramolecular Hbond substituents is 1. The zero-order valence-electron chi connectivity index (χ0n) is 28.6. The minimum Gasteiger partial charge on any atom is -0.507 e. The number of fused-ring (bicyclic) bond motifs is 1. The van der Waals surface area contributed by atoms with Gasteiger partial charge in [0.15, 0.2) is 11.5 Å². The van der Waals surface area contributed by atoms with Crippen molar-refractivity contribution in [2.45, 2.75) is 59.0 Å². The molecule has 2 atom stereocenters. The number of likely N-dealkylation sites (tertiary alicyclic amines) is 1. The molecule has 0 saturated carbocycles. The van der Waals surface area contributed by atoms with E-state index in [1.54, 1.807) is 40.5 Å². The van der Waals surface area contributed by atoms with Crippen LogP contribution in [0.1, 0.15) is 65.8 Å². The van der Waals surface area contributed by atoms with E-state index in [1.807, 2.05) is 69.6 Å². The van der Waals surface area contributed by atoms with Crippen LogP contribution in [-0.2, 0) is 16.1 Å². The number of hydrogen-bond donors (Lipinski definition) is 2. The Morgan fingerprint density at radius 2 is 1.88 bits per heavy atom. The summed E-state index contributed by atoms with van der Waals surface area (Å²) in [6.45, 7) is 8.78. The van der Waals surface area contributed by atoms with Gasteiger partial charge in [0.2, 0.25) is 11.8 Å². The number of thiazole rings is 1. The largest absolute Gasteiger partial charge is 0.507 e. The number of rotatable bonds is 8. The Morgan fingerprint density at radius 3 is 2.63 bits per heavy atom. The quantitative estimate of drug-likeness (QED) is 0.158. The first-order valence-electron chi connectivity index (χ1n) is 16.8. The lowest BCUT2D eigenvalue weighted by Gasteiger charge is -2.28. The van der Waals surface area contributed by atoms with Gasteiger partial charge in [-0.2, -0.15) is 0 Å². The third kappa shape index (κ3) is 7.00. The summed E-state index contributed by atoms with van der Waals surface area (Å²) < 4.78 is 5.72. The lowest BCUT2D eigenvalue weighted by atomic mass is 9.91. The zero-order valence-corrected chi connectivity index (χ0v) is 30.3. The highest BCUT2D eigenvalue weighted by molar-refractivity contribution is 7.19. The molecule has 10 nitrogen and oxygen atoms in total. The number of carbonyl (C=O) groups is 2. The summed E-state index contributed by atoms with van der Waals surface area (Å²) in [6, 6.07) is 18.2. The number of aryl methyl sites for hydroxylation is 2. The van der Waals surface area contributed by atoms with Crippen molar-refractivity contribution in [1.82, 2.24) is 30.6 Å². The molecular formula is C39H36N6O4S2. The fourth-order valence-electron chi connectivity index (χ4n) is 6.45. The van der Waals surface area contributed by atoms with E-state index in [-0.39, 0.29) is 23.5 Å². The van der Waals surface area contributed by atoms with Gasteiger partial charge in [0.25, 0.3) is 0 Å². The van der Waals surface area contributed by atoms with E-state index in [1.165, 1.54) is 11.3 Å². The molecule has 0 bridgehead atoms. The number of amides is 2. The average molecular weight is 717 g/mol. The van der Waals surface area contributed by atoms with E-state index in [9.17, 15) is 14.7 Å². The predicted octanol–water partition coefficient (Wildman–Crippen LogP) is 7.24. The summed E-state index contributed by atoms with van der Waals surface area (Å²) in [5.41, 5.74) is 7.48. The molecule has 5 heterocycles. The molecule has 1 aliphatic rings. The van der Waals surface area contributed by atoms with Gasteiger partial charge in [-0.15, -0.1) is 32.9 Å². The van der Waals surface area contributed by atoms with Crippen LogP contribution in [0.15, 0.2) is 70.7 Å². The minimum absolute atomic E-state index is 0.0991. The van der Waals surface area contributed by atoms with E-state index in [0.717, 1.165) is 48.8 Å². The lowest BCUT2D eigenvalue weighted by Crippen LogP contribution is -2.47. The molecule has 2 N–H and O–H groups in total. The monoisotopic (exact) mass is 716 g/mol. The number of hydrogen-bond acceptors (Lipinski definition) is 10. The molecule has 6 aromatic rings. The maximum Gasteiger partial charge on any atom is 0.243 e. The number of benzene rings is 2. The Bertz CT molecular complexity index is 2300. The van der Waals surface area contributed by atoms with Crippen LogP contribution in [0.5, 0.6) is 5.75 Å². The summed E-state index contributed by atoms with van der Waals surface area (Å²) in [7, 11) is 0. The maximum atomic E-state index is 14.0. The highest BCUT2D eigenvalue weighted by Crippen LogP contribution is 2.34. The fourth-order valence-corrected chi connectivity index (χ4v) is 8.23. The molecule has 2 amide bonds. The Balaban J connectivity index is 1.03. The number of aromatic hydroxyl groups is 1. The van der Waals surface area contributed by atoms with Gasteiger partial charge in [-0.05, 0) is 79.3 Å². The number of thiophene rings is 1. The minimum atomic E-state index is -0.613. The van der Waals surface area contributed by atoms with E-state index in [2.05, 4.69) is 37.5 Å². The Morgan fingerprint density at radius 1 is 1.08 bits per heavy atom. The van der Waals surface area contributed by atoms with Gasteiger partial charge in [-0.25, -0.2) is 4.98 Å². The fraction of sp³-hybridized carbons (Fsp3) is 0.282. The molecule has 12 heteroatoms. The van der Waals surface area contributed by atoms with Crippen molar-refractivity contribution in [1.29, 1.82) is 0 Å². The van der Waals surface area contributed by atoms with Gasteiger partial charge in [-0.1, -0.05) is 55.4 Å². The molecule has 1 saturated heterocycles. The number of para-hydroxylation sites is 1. The Labute approximate surface area is 303 Å². The van der Waals surface area contributed by atoms with Crippen LogP contribution in [0.25, 0.3) is 31.9 Å². The smallest absolute Gasteiger partial charge is 0.243 e. The summed E-state index contributed by atoms with van der Waals surface area (Å²) in [4.78, 5) is 36.1. The first kappa shape index (κ1) is 34.1. The second-order valence-corrected chi connectivity index (χ2v) is 14.8. The molecule has 2 unspecified atom stereocenters. The van der Waals surface area contributed by atoms with Crippen LogP contribution in [-0.4, -0.2) is 54.7 Å². The van der Waals surface area contributed by atoms with Gasteiger partial charge < -0.3 is 19.8 Å². The molecule has 0 radical (unpaired) electrons. The molecule has 0 aliphatic carbocycles. The highest BCUT2D eigenvalue weighted by atomic mass is 32.1. The van der Waals surface area contributed by atoms with Crippen LogP contribution < -0.4 is 5.32 Å². The van der Waals surface area contributed by atoms with Crippen molar-refractivity contribution >= 4 is 44.7 Å². The second-order valence-electron chi connectivity index (χ2n) is 13.0. The van der Waals surface area contributed by atoms with Crippen LogP contribution in [0.2, 0.25) is 0 Å². The van der Waals surface area contributed by atoms with Crippen LogP contribution in [0, 0.1) is 31.6 Å². The number of nitrogens with one attached hydrogen (secondary N) is 1. The van der Waals surface area contributed by atoms with Crippen molar-refractivity contribution in [2.75, 3.05) is 6.54 Å². The van der Waals surface area contributed by atoms with Crippen molar-refractivity contribution in [2.24, 2.45) is 5.92 Å². The van der Waals surface area contributed by atoms with Crippen LogP contribution >= 0.6 is 22.7 Å². The van der Waals surface area contributed by atoms with E-state index in [4.69, 9.17) is 4.52 Å². The molecule has 1 aliphatic heterocycles. The summed E-state index contributed by atoms with van der Waals surface area (Å²) >= 11 is 3.04. The van der Waals surface area contributed by atoms with Crippen molar-refractivity contribution in [3.05, 3.63) is 99.3 Å². The van der Waals surface area contributed by atoms with Crippen LogP contribution in [0.4, 0.5) is 0 Å². The summed E-state index contributed by atoms with van der Waals surface area (Å²) in [6.07, 6.45) is 1.35. The normalized spacial score (nSPS) is 14.8. The molecule has 0 spiro atoms. The zero-order chi connectivity index (χ0) is 35.6. The molecule has 1 fully saturated rings. The van der Waals surface area contributed by atoms with Crippen LogP contribution in [0.3, 0.4) is 0 Å². The number of nitrogens with zero attached hydrogens (tertiary/aromatic N) is 5. The van der Waals surface area contributed by atoms with Crippen molar-refractivity contribution in [3.63, 3.8) is 0 Å². The third-order valence-electron chi connectivity index (χ3n) is 9.22. The summed E-state index contributed by atoms with van der Waals surface area (Å²) in [5, 5.41) is 27.1. The molecule has 2 aromatic carbocycles. The topological polar surface area (TPSA) is 134 Å². The molecule has 4 aromatic heterocycles. The van der Waals surface area contributed by atoms with Gasteiger partial charge in [0, 0.05) is 30.1 Å². The highest BCUT2D eigenvalue weighted by Gasteiger charge is 2.40. The Kier molecular flexibility index (Phi) is 9.67. The number of aromatic nitrogens is 4. The van der Waals surface area contributed by atoms with Crippen molar-refractivity contribution < 1.29 is 19.2 Å². The number of phenols is 1. The average Bonchev–Trinajstić information content (AvgIpc) is 3.95. The van der Waals surface area contributed by atoms with E-state index >= 15 is 0 Å². The van der Waals surface area contributed by atoms with E-state index in [0.29, 0.717) is 42.2 Å². The Hall–Kier alpha value is -5.38. The lowest BCUT2D eigenvalue weighted by molar-refractivity contribution is -0.140. The van der Waals surface area contributed by atoms with Gasteiger partial charge in [0.05, 0.1) is 26.7 Å². The molecule has 7 rings (SSSR count). The van der Waals surface area contributed by atoms with E-state index < -0.39 is 12.0 Å². The second kappa shape index (κ2) is 14.5. The van der Waals surface area contributed by atoms with Gasteiger partial charge >= 0.3 is 0 Å². The molecule has 51 heavy (non-hydrogen) atoms. The predicted molar refractivity (Wildman–Crippen MR) is 198 cm³/mol.